The van der Waals surface area contributed by atoms with Crippen molar-refractivity contribution in [2.45, 2.75) is 6.92 Å². The summed E-state index contributed by atoms with van der Waals surface area (Å²) in [6.07, 6.45) is 1.86. The largest absolute Gasteiger partial charge is 0.305 e. The molecule has 0 atom stereocenters. The number of hydrogen-bond acceptors (Lipinski definition) is 4. The molecule has 0 aliphatic carbocycles. The second-order valence-corrected chi connectivity index (χ2v) is 7.05. The van der Waals surface area contributed by atoms with Crippen molar-refractivity contribution in [3.63, 3.8) is 0 Å². The molecule has 1 amide bonds. The summed E-state index contributed by atoms with van der Waals surface area (Å²) in [7, 11) is 0. The summed E-state index contributed by atoms with van der Waals surface area (Å²) >= 11 is 2.88. The van der Waals surface area contributed by atoms with Gasteiger partial charge >= 0.3 is 0 Å². The highest BCUT2D eigenvalue weighted by atomic mass is 32.1. The molecule has 0 fully saturated rings. The number of hydrogen-bond donors (Lipinski definition) is 1. The van der Waals surface area contributed by atoms with Crippen molar-refractivity contribution in [2.75, 3.05) is 5.32 Å². The second-order valence-electron chi connectivity index (χ2n) is 5.26. The highest BCUT2D eigenvalue weighted by molar-refractivity contribution is 7.15. The first-order valence-electron chi connectivity index (χ1n) is 7.20. The predicted molar refractivity (Wildman–Crippen MR) is 95.5 cm³/mol. The van der Waals surface area contributed by atoms with Gasteiger partial charge in [0.25, 0.3) is 5.91 Å². The van der Waals surface area contributed by atoms with Gasteiger partial charge in [-0.25, -0.2) is 9.37 Å². The quantitative estimate of drug-likeness (QED) is 0.571. The summed E-state index contributed by atoms with van der Waals surface area (Å²) in [6.45, 7) is 1.91. The smallest absolute Gasteiger partial charge is 0.267 e. The zero-order chi connectivity index (χ0) is 16.7. The van der Waals surface area contributed by atoms with Gasteiger partial charge in [0.1, 0.15) is 17.3 Å². The van der Waals surface area contributed by atoms with Crippen LogP contribution >= 0.6 is 22.7 Å². The number of fused-ring (bicyclic) bond motifs is 1. The zero-order valence-corrected chi connectivity index (χ0v) is 14.2. The highest BCUT2D eigenvalue weighted by Crippen LogP contribution is 2.31. The van der Waals surface area contributed by atoms with Gasteiger partial charge in [-0.15, -0.1) is 22.7 Å². The van der Waals surface area contributed by atoms with Crippen LogP contribution in [0.5, 0.6) is 0 Å². The third-order valence-electron chi connectivity index (χ3n) is 3.68. The number of aryl methyl sites for hydroxylation is 1. The van der Waals surface area contributed by atoms with E-state index in [4.69, 9.17) is 0 Å². The Morgan fingerprint density at radius 1 is 1.17 bits per heavy atom. The van der Waals surface area contributed by atoms with E-state index in [0.717, 1.165) is 16.1 Å². The van der Waals surface area contributed by atoms with Gasteiger partial charge in [0, 0.05) is 17.1 Å². The Hall–Kier alpha value is -2.51. The Bertz CT molecular complexity index is 1030. The van der Waals surface area contributed by atoms with E-state index < -0.39 is 0 Å². The number of thiazole rings is 1. The molecular weight excluding hydrogens is 345 g/mol. The maximum atomic E-state index is 13.2. The van der Waals surface area contributed by atoms with Crippen molar-refractivity contribution in [1.82, 2.24) is 9.38 Å². The molecule has 0 aliphatic heterocycles. The molecule has 4 rings (SSSR count). The summed E-state index contributed by atoms with van der Waals surface area (Å²) in [5, 5.41) is 6.76. The second kappa shape index (κ2) is 5.85. The molecule has 0 saturated heterocycles. The van der Waals surface area contributed by atoms with Gasteiger partial charge in [-0.2, -0.15) is 0 Å². The van der Waals surface area contributed by atoms with Gasteiger partial charge < -0.3 is 5.32 Å². The first-order chi connectivity index (χ1) is 11.6. The Labute approximate surface area is 145 Å². The van der Waals surface area contributed by atoms with E-state index in [1.807, 2.05) is 34.3 Å². The number of anilines is 1. The summed E-state index contributed by atoms with van der Waals surface area (Å²) in [5.41, 5.74) is 2.32. The molecule has 3 aromatic heterocycles. The van der Waals surface area contributed by atoms with Crippen LogP contribution in [0.2, 0.25) is 0 Å². The van der Waals surface area contributed by atoms with Crippen LogP contribution in [0.25, 0.3) is 16.2 Å². The van der Waals surface area contributed by atoms with Crippen molar-refractivity contribution >= 4 is 39.4 Å². The lowest BCUT2D eigenvalue weighted by Crippen LogP contribution is -2.13. The van der Waals surface area contributed by atoms with Crippen molar-refractivity contribution in [2.24, 2.45) is 0 Å². The minimum absolute atomic E-state index is 0.168. The van der Waals surface area contributed by atoms with Crippen LogP contribution in [0.3, 0.4) is 0 Å². The van der Waals surface area contributed by atoms with E-state index >= 15 is 0 Å². The number of amides is 1. The lowest BCUT2D eigenvalue weighted by molar-refractivity contribution is 0.102. The van der Waals surface area contributed by atoms with E-state index in [2.05, 4.69) is 10.3 Å². The molecule has 24 heavy (non-hydrogen) atoms. The highest BCUT2D eigenvalue weighted by Gasteiger charge is 2.19. The number of imidazole rings is 1. The van der Waals surface area contributed by atoms with Crippen molar-refractivity contribution in [1.29, 1.82) is 0 Å². The van der Waals surface area contributed by atoms with Crippen LogP contribution in [0.15, 0.2) is 47.3 Å². The van der Waals surface area contributed by atoms with Crippen LogP contribution in [-0.2, 0) is 0 Å². The van der Waals surface area contributed by atoms with E-state index in [0.29, 0.717) is 16.4 Å². The predicted octanol–water partition coefficient (Wildman–Crippen LogP) is 4.82. The van der Waals surface area contributed by atoms with Crippen LogP contribution in [0.1, 0.15) is 15.2 Å². The fourth-order valence-electron chi connectivity index (χ4n) is 2.48. The monoisotopic (exact) mass is 357 g/mol. The van der Waals surface area contributed by atoms with Crippen molar-refractivity contribution < 1.29 is 9.18 Å². The molecule has 0 unspecified atom stereocenters. The van der Waals surface area contributed by atoms with E-state index in [1.165, 1.54) is 34.8 Å². The van der Waals surface area contributed by atoms with Crippen molar-refractivity contribution in [3.8, 4) is 11.3 Å². The Morgan fingerprint density at radius 2 is 1.96 bits per heavy atom. The molecule has 1 N–H and O–H groups in total. The zero-order valence-electron chi connectivity index (χ0n) is 12.6. The molecule has 0 bridgehead atoms. The number of halogens is 1. The third kappa shape index (κ3) is 2.51. The maximum absolute atomic E-state index is 13.2. The minimum Gasteiger partial charge on any atom is -0.305 e. The number of aromatic nitrogens is 2. The summed E-state index contributed by atoms with van der Waals surface area (Å²) < 4.78 is 15.0. The van der Waals surface area contributed by atoms with Gasteiger partial charge in [-0.05, 0) is 48.2 Å². The minimum atomic E-state index is -0.306. The fourth-order valence-corrected chi connectivity index (χ4v) is 4.02. The van der Waals surface area contributed by atoms with Gasteiger partial charge in [-0.3, -0.25) is 9.20 Å². The van der Waals surface area contributed by atoms with Crippen LogP contribution < -0.4 is 5.32 Å². The van der Waals surface area contributed by atoms with Crippen LogP contribution in [0.4, 0.5) is 10.2 Å². The van der Waals surface area contributed by atoms with Gasteiger partial charge in [0.15, 0.2) is 4.96 Å². The number of carbonyl (C=O) groups excluding carboxylic acids is 1. The summed E-state index contributed by atoms with van der Waals surface area (Å²) in [5.74, 6) is 0.120. The number of nitrogens with zero attached hydrogens (tertiary/aromatic N) is 2. The number of benzene rings is 1. The molecule has 0 spiro atoms. The molecule has 1 aromatic carbocycles. The van der Waals surface area contributed by atoms with Gasteiger partial charge in [0.05, 0.1) is 4.88 Å². The number of rotatable bonds is 3. The van der Waals surface area contributed by atoms with Crippen LogP contribution in [0, 0.1) is 12.7 Å². The fraction of sp³-hybridized carbons (Fsp3) is 0.0588. The average Bonchev–Trinajstić information content (AvgIpc) is 3.26. The first kappa shape index (κ1) is 15.0. The van der Waals surface area contributed by atoms with Gasteiger partial charge in [0.2, 0.25) is 0 Å². The standard InChI is InChI=1S/C17H12FN3OS2/c1-10-6-8-23-14(10)16(22)20-15-13(11-2-4-12(18)5-3-11)19-17-21(15)7-9-24-17/h2-9H,1H3,(H,20,22). The number of thiophene rings is 1. The molecule has 7 heteroatoms. The molecule has 0 radical (unpaired) electrons. The molecule has 3 heterocycles. The summed E-state index contributed by atoms with van der Waals surface area (Å²) in [6, 6.07) is 8.01. The Kier molecular flexibility index (Phi) is 3.66. The number of nitrogens with one attached hydrogen (secondary N) is 1. The van der Waals surface area contributed by atoms with Crippen LogP contribution in [-0.4, -0.2) is 15.3 Å². The van der Waals surface area contributed by atoms with Crippen molar-refractivity contribution in [3.05, 3.63) is 63.5 Å². The lowest BCUT2D eigenvalue weighted by atomic mass is 10.1. The summed E-state index contributed by atoms with van der Waals surface area (Å²) in [4.78, 5) is 18.6. The topological polar surface area (TPSA) is 46.4 Å². The molecule has 4 aromatic rings. The normalized spacial score (nSPS) is 11.1. The molecular formula is C17H12FN3OS2. The first-order valence-corrected chi connectivity index (χ1v) is 8.96. The average molecular weight is 357 g/mol. The molecule has 0 aliphatic rings. The van der Waals surface area contributed by atoms with E-state index in [1.54, 1.807) is 12.1 Å². The van der Waals surface area contributed by atoms with E-state index in [-0.39, 0.29) is 11.7 Å². The van der Waals surface area contributed by atoms with E-state index in [9.17, 15) is 9.18 Å². The lowest BCUT2D eigenvalue weighted by Gasteiger charge is -2.07. The molecule has 4 nitrogen and oxygen atoms in total. The third-order valence-corrected chi connectivity index (χ3v) is 5.45. The Balaban J connectivity index is 1.80. The maximum Gasteiger partial charge on any atom is 0.267 e. The SMILES string of the molecule is Cc1ccsc1C(=O)Nc1c(-c2ccc(F)cc2)nc2sccn12. The number of carbonyl (C=O) groups is 1. The van der Waals surface area contributed by atoms with Gasteiger partial charge in [-0.1, -0.05) is 0 Å². The molecule has 0 saturated carbocycles. The molecule has 120 valence electrons. The Morgan fingerprint density at radius 3 is 2.67 bits per heavy atom.